The lowest BCUT2D eigenvalue weighted by Crippen LogP contribution is -2.41. The van der Waals surface area contributed by atoms with Crippen molar-refractivity contribution < 1.29 is 9.59 Å². The van der Waals surface area contributed by atoms with Crippen LogP contribution in [0.4, 0.5) is 0 Å². The summed E-state index contributed by atoms with van der Waals surface area (Å²) in [4.78, 5) is 27.4. The quantitative estimate of drug-likeness (QED) is 0.531. The van der Waals surface area contributed by atoms with Gasteiger partial charge >= 0.3 is 0 Å². The van der Waals surface area contributed by atoms with Crippen molar-refractivity contribution in [2.45, 2.75) is 30.8 Å². The average Bonchev–Trinajstić information content (AvgIpc) is 2.92. The topological polar surface area (TPSA) is 96.6 Å². The lowest BCUT2D eigenvalue weighted by atomic mass is 9.96. The zero-order valence-corrected chi connectivity index (χ0v) is 8.82. The van der Waals surface area contributed by atoms with Crippen LogP contribution in [0.2, 0.25) is 0 Å². The standard InChI is InChI=1S/C10H14N4O2/c11-7(15)6-3-10(4-12-6)9(16)13-8(14-10)5-1-2-5/h5-6,12H,1-4H2,(H2,11,15)(H,13,14,16)/t6-,10+/m0/s1. The Morgan fingerprint density at radius 1 is 1.50 bits per heavy atom. The van der Waals surface area contributed by atoms with Crippen molar-refractivity contribution in [1.82, 2.24) is 10.6 Å². The maximum absolute atomic E-state index is 11.9. The highest BCUT2D eigenvalue weighted by atomic mass is 16.2. The van der Waals surface area contributed by atoms with Gasteiger partial charge in [0.2, 0.25) is 5.91 Å². The summed E-state index contributed by atoms with van der Waals surface area (Å²) in [5, 5.41) is 5.78. The van der Waals surface area contributed by atoms with Gasteiger partial charge in [-0.25, -0.2) is 0 Å². The maximum Gasteiger partial charge on any atom is 0.254 e. The lowest BCUT2D eigenvalue weighted by molar-refractivity contribution is -0.123. The first-order valence-corrected chi connectivity index (χ1v) is 5.55. The first-order chi connectivity index (χ1) is 7.61. The van der Waals surface area contributed by atoms with E-state index in [1.54, 1.807) is 0 Å². The number of aliphatic imine (C=N–C) groups is 1. The van der Waals surface area contributed by atoms with Crippen LogP contribution in [0.5, 0.6) is 0 Å². The Balaban J connectivity index is 1.83. The van der Waals surface area contributed by atoms with Gasteiger partial charge in [0.1, 0.15) is 5.84 Å². The van der Waals surface area contributed by atoms with Crippen molar-refractivity contribution in [3.05, 3.63) is 0 Å². The number of nitrogens with zero attached hydrogens (tertiary/aromatic N) is 1. The summed E-state index contributed by atoms with van der Waals surface area (Å²) < 4.78 is 0. The van der Waals surface area contributed by atoms with E-state index < -0.39 is 17.5 Å². The molecule has 2 aliphatic heterocycles. The van der Waals surface area contributed by atoms with Gasteiger partial charge in [0, 0.05) is 18.9 Å². The second kappa shape index (κ2) is 3.04. The van der Waals surface area contributed by atoms with Gasteiger partial charge in [0.25, 0.3) is 5.91 Å². The second-order valence-corrected chi connectivity index (χ2v) is 4.80. The Hall–Kier alpha value is -1.43. The van der Waals surface area contributed by atoms with Crippen LogP contribution < -0.4 is 16.4 Å². The number of amidine groups is 1. The first kappa shape index (κ1) is 9.77. The number of nitrogens with one attached hydrogen (secondary N) is 2. The lowest BCUT2D eigenvalue weighted by Gasteiger charge is -2.14. The van der Waals surface area contributed by atoms with Gasteiger partial charge in [-0.15, -0.1) is 0 Å². The van der Waals surface area contributed by atoms with Gasteiger partial charge in [0.15, 0.2) is 5.54 Å². The van der Waals surface area contributed by atoms with E-state index in [0.717, 1.165) is 18.7 Å². The van der Waals surface area contributed by atoms with Crippen LogP contribution in [-0.2, 0) is 9.59 Å². The molecule has 1 saturated heterocycles. The molecule has 2 amide bonds. The molecule has 86 valence electrons. The molecular formula is C10H14N4O2. The summed E-state index contributed by atoms with van der Waals surface area (Å²) in [6.07, 6.45) is 2.58. The SMILES string of the molecule is NC(=O)[C@@H]1C[C@]2(CN1)N=C(C1CC1)NC2=O. The van der Waals surface area contributed by atoms with E-state index in [1.807, 2.05) is 0 Å². The molecule has 0 unspecified atom stereocenters. The summed E-state index contributed by atoms with van der Waals surface area (Å²) in [5.74, 6) is 0.721. The number of hydrogen-bond acceptors (Lipinski definition) is 4. The van der Waals surface area contributed by atoms with Gasteiger partial charge in [-0.3, -0.25) is 14.6 Å². The monoisotopic (exact) mass is 222 g/mol. The van der Waals surface area contributed by atoms with Crippen molar-refractivity contribution in [1.29, 1.82) is 0 Å². The molecule has 0 bridgehead atoms. The number of nitrogens with two attached hydrogens (primary N) is 1. The van der Waals surface area contributed by atoms with Crippen molar-refractivity contribution in [3.8, 4) is 0 Å². The minimum absolute atomic E-state index is 0.0920. The Bertz CT molecular complexity index is 402. The minimum Gasteiger partial charge on any atom is -0.368 e. The molecule has 4 N–H and O–H groups in total. The van der Waals surface area contributed by atoms with E-state index in [4.69, 9.17) is 5.73 Å². The fourth-order valence-electron chi connectivity index (χ4n) is 2.33. The Kier molecular flexibility index (Phi) is 1.85. The van der Waals surface area contributed by atoms with E-state index in [1.165, 1.54) is 0 Å². The summed E-state index contributed by atoms with van der Waals surface area (Å²) in [5.41, 5.74) is 4.44. The zero-order chi connectivity index (χ0) is 11.3. The molecule has 2 heterocycles. The molecule has 1 saturated carbocycles. The largest absolute Gasteiger partial charge is 0.368 e. The molecule has 3 rings (SSSR count). The number of hydrogen-bond donors (Lipinski definition) is 3. The van der Waals surface area contributed by atoms with Crippen LogP contribution in [0, 0.1) is 5.92 Å². The van der Waals surface area contributed by atoms with Gasteiger partial charge in [-0.05, 0) is 12.8 Å². The van der Waals surface area contributed by atoms with E-state index >= 15 is 0 Å². The maximum atomic E-state index is 11.9. The third-order valence-corrected chi connectivity index (χ3v) is 3.49. The van der Waals surface area contributed by atoms with E-state index in [2.05, 4.69) is 15.6 Å². The fourth-order valence-corrected chi connectivity index (χ4v) is 2.33. The van der Waals surface area contributed by atoms with Gasteiger partial charge in [0.05, 0.1) is 6.04 Å². The summed E-state index contributed by atoms with van der Waals surface area (Å²) in [7, 11) is 0. The first-order valence-electron chi connectivity index (χ1n) is 5.55. The van der Waals surface area contributed by atoms with Crippen molar-refractivity contribution in [2.75, 3.05) is 6.54 Å². The predicted octanol–water partition coefficient (Wildman–Crippen LogP) is -1.49. The molecule has 6 heteroatoms. The van der Waals surface area contributed by atoms with Gasteiger partial charge in [-0.2, -0.15) is 0 Å². The summed E-state index contributed by atoms with van der Waals surface area (Å²) in [6.45, 7) is 0.405. The Labute approximate surface area is 92.7 Å². The molecule has 2 atom stereocenters. The number of amides is 2. The third kappa shape index (κ3) is 1.33. The Morgan fingerprint density at radius 2 is 2.25 bits per heavy atom. The summed E-state index contributed by atoms with van der Waals surface area (Å²) >= 11 is 0. The molecule has 0 aromatic heterocycles. The van der Waals surface area contributed by atoms with E-state index in [9.17, 15) is 9.59 Å². The molecule has 1 spiro atoms. The zero-order valence-electron chi connectivity index (χ0n) is 8.82. The second-order valence-electron chi connectivity index (χ2n) is 4.80. The van der Waals surface area contributed by atoms with Crippen LogP contribution in [0.1, 0.15) is 19.3 Å². The number of rotatable bonds is 2. The molecule has 0 aromatic rings. The molecular weight excluding hydrogens is 208 g/mol. The van der Waals surface area contributed by atoms with Crippen LogP contribution in [0.15, 0.2) is 4.99 Å². The predicted molar refractivity (Wildman–Crippen MR) is 56.6 cm³/mol. The van der Waals surface area contributed by atoms with Crippen molar-refractivity contribution in [2.24, 2.45) is 16.6 Å². The van der Waals surface area contributed by atoms with Crippen LogP contribution >= 0.6 is 0 Å². The number of primary amides is 1. The Morgan fingerprint density at radius 3 is 2.81 bits per heavy atom. The van der Waals surface area contributed by atoms with Gasteiger partial charge < -0.3 is 16.4 Å². The molecule has 16 heavy (non-hydrogen) atoms. The highest BCUT2D eigenvalue weighted by Gasteiger charge is 2.52. The minimum atomic E-state index is -0.780. The molecule has 0 radical (unpaired) electrons. The fraction of sp³-hybridized carbons (Fsp3) is 0.700. The van der Waals surface area contributed by atoms with Crippen molar-refractivity contribution in [3.63, 3.8) is 0 Å². The molecule has 1 aliphatic carbocycles. The normalized spacial score (nSPS) is 37.6. The highest BCUT2D eigenvalue weighted by molar-refractivity contribution is 6.10. The summed E-state index contributed by atoms with van der Waals surface area (Å²) in [6, 6.07) is -0.437. The number of carbonyl (C=O) groups is 2. The van der Waals surface area contributed by atoms with Crippen molar-refractivity contribution >= 4 is 17.6 Å². The highest BCUT2D eigenvalue weighted by Crippen LogP contribution is 2.36. The van der Waals surface area contributed by atoms with Crippen LogP contribution in [-0.4, -0.2) is 35.8 Å². The molecule has 3 aliphatic rings. The smallest absolute Gasteiger partial charge is 0.254 e. The van der Waals surface area contributed by atoms with Crippen LogP contribution in [0.3, 0.4) is 0 Å². The van der Waals surface area contributed by atoms with Gasteiger partial charge in [-0.1, -0.05) is 0 Å². The van der Waals surface area contributed by atoms with E-state index in [-0.39, 0.29) is 5.91 Å². The third-order valence-electron chi connectivity index (χ3n) is 3.49. The van der Waals surface area contributed by atoms with E-state index in [0.29, 0.717) is 18.9 Å². The average molecular weight is 222 g/mol. The molecule has 0 aromatic carbocycles. The van der Waals surface area contributed by atoms with Crippen LogP contribution in [0.25, 0.3) is 0 Å². The molecule has 2 fully saturated rings. The number of carbonyl (C=O) groups excluding carboxylic acids is 2. The molecule has 6 nitrogen and oxygen atoms in total.